The highest BCUT2D eigenvalue weighted by atomic mass is 16.5. The molecule has 0 saturated carbocycles. The Morgan fingerprint density at radius 3 is 3.24 bits per heavy atom. The second kappa shape index (κ2) is 5.98. The van der Waals surface area contributed by atoms with Crippen molar-refractivity contribution >= 4 is 5.82 Å². The zero-order valence-electron chi connectivity index (χ0n) is 10.6. The van der Waals surface area contributed by atoms with E-state index < -0.39 is 0 Å². The zero-order chi connectivity index (χ0) is 12.1. The van der Waals surface area contributed by atoms with E-state index in [2.05, 4.69) is 34.3 Å². The Morgan fingerprint density at radius 2 is 2.47 bits per heavy atom. The van der Waals surface area contributed by atoms with Gasteiger partial charge >= 0.3 is 0 Å². The van der Waals surface area contributed by atoms with Crippen molar-refractivity contribution in [3.8, 4) is 0 Å². The third kappa shape index (κ3) is 2.96. The van der Waals surface area contributed by atoms with E-state index in [1.807, 2.05) is 13.2 Å². The molecule has 0 radical (unpaired) electrons. The van der Waals surface area contributed by atoms with E-state index >= 15 is 0 Å². The molecule has 1 aliphatic heterocycles. The minimum atomic E-state index is 0.459. The minimum Gasteiger partial charge on any atom is -0.377 e. The van der Waals surface area contributed by atoms with Crippen molar-refractivity contribution < 1.29 is 4.74 Å². The Kier molecular flexibility index (Phi) is 4.34. The fourth-order valence-corrected chi connectivity index (χ4v) is 2.23. The van der Waals surface area contributed by atoms with E-state index in [-0.39, 0.29) is 0 Å². The number of ether oxygens (including phenoxy) is 1. The van der Waals surface area contributed by atoms with E-state index in [0.29, 0.717) is 6.04 Å². The number of pyridine rings is 1. The number of morpholine rings is 1. The summed E-state index contributed by atoms with van der Waals surface area (Å²) in [7, 11) is 1.96. The molecule has 0 bridgehead atoms. The van der Waals surface area contributed by atoms with Gasteiger partial charge in [0.2, 0.25) is 0 Å². The van der Waals surface area contributed by atoms with Crippen LogP contribution in [0.15, 0.2) is 18.3 Å². The highest BCUT2D eigenvalue weighted by molar-refractivity contribution is 5.42. The van der Waals surface area contributed by atoms with Crippen molar-refractivity contribution in [1.29, 1.82) is 0 Å². The van der Waals surface area contributed by atoms with Gasteiger partial charge < -0.3 is 15.0 Å². The molecule has 0 spiro atoms. The van der Waals surface area contributed by atoms with Gasteiger partial charge in [-0.15, -0.1) is 0 Å². The van der Waals surface area contributed by atoms with Crippen LogP contribution in [-0.4, -0.2) is 37.8 Å². The lowest BCUT2D eigenvalue weighted by atomic mass is 10.1. The SMILES string of the molecule is CCC1COCCN1c1cc(CNC)ccn1. The van der Waals surface area contributed by atoms with Gasteiger partial charge in [0, 0.05) is 19.3 Å². The van der Waals surface area contributed by atoms with Gasteiger partial charge in [0.05, 0.1) is 19.3 Å². The highest BCUT2D eigenvalue weighted by Crippen LogP contribution is 2.19. The van der Waals surface area contributed by atoms with E-state index in [1.165, 1.54) is 5.56 Å². The van der Waals surface area contributed by atoms with Crippen LogP contribution in [-0.2, 0) is 11.3 Å². The standard InChI is InChI=1S/C13H21N3O/c1-3-12-10-17-7-6-16(12)13-8-11(9-14-2)4-5-15-13/h4-5,8,12,14H,3,6-7,9-10H2,1-2H3. The van der Waals surface area contributed by atoms with Crippen molar-refractivity contribution in [1.82, 2.24) is 10.3 Å². The highest BCUT2D eigenvalue weighted by Gasteiger charge is 2.22. The van der Waals surface area contributed by atoms with Gasteiger partial charge in [-0.1, -0.05) is 6.92 Å². The van der Waals surface area contributed by atoms with Crippen molar-refractivity contribution in [2.45, 2.75) is 25.9 Å². The summed E-state index contributed by atoms with van der Waals surface area (Å²) in [6.45, 7) is 5.64. The molecule has 94 valence electrons. The number of nitrogens with zero attached hydrogens (tertiary/aromatic N) is 2. The molecule has 0 aromatic carbocycles. The molecule has 1 fully saturated rings. The molecule has 1 aliphatic rings. The van der Waals surface area contributed by atoms with Crippen LogP contribution in [0.25, 0.3) is 0 Å². The van der Waals surface area contributed by atoms with Crippen LogP contribution in [0.2, 0.25) is 0 Å². The first-order valence-corrected chi connectivity index (χ1v) is 6.29. The normalized spacial score (nSPS) is 20.6. The summed E-state index contributed by atoms with van der Waals surface area (Å²) in [5.41, 5.74) is 1.28. The predicted molar refractivity (Wildman–Crippen MR) is 69.2 cm³/mol. The number of hydrogen-bond donors (Lipinski definition) is 1. The first kappa shape index (κ1) is 12.3. The molecule has 4 nitrogen and oxygen atoms in total. The maximum Gasteiger partial charge on any atom is 0.129 e. The van der Waals surface area contributed by atoms with Crippen LogP contribution >= 0.6 is 0 Å². The number of aromatic nitrogens is 1. The molecular weight excluding hydrogens is 214 g/mol. The Balaban J connectivity index is 2.16. The van der Waals surface area contributed by atoms with Gasteiger partial charge in [-0.05, 0) is 31.2 Å². The van der Waals surface area contributed by atoms with Crippen LogP contribution in [0.5, 0.6) is 0 Å². The van der Waals surface area contributed by atoms with Crippen LogP contribution in [0, 0.1) is 0 Å². The summed E-state index contributed by atoms with van der Waals surface area (Å²) in [4.78, 5) is 6.85. The van der Waals surface area contributed by atoms with Gasteiger partial charge in [0.25, 0.3) is 0 Å². The Labute approximate surface area is 103 Å². The molecule has 1 atom stereocenters. The molecule has 1 saturated heterocycles. The van der Waals surface area contributed by atoms with Crippen LogP contribution in [0.3, 0.4) is 0 Å². The average Bonchev–Trinajstić information content (AvgIpc) is 2.39. The Bertz CT molecular complexity index is 356. The molecule has 1 aromatic rings. The molecule has 2 rings (SSSR count). The quantitative estimate of drug-likeness (QED) is 0.856. The topological polar surface area (TPSA) is 37.4 Å². The zero-order valence-corrected chi connectivity index (χ0v) is 10.6. The molecule has 0 amide bonds. The van der Waals surface area contributed by atoms with Crippen molar-refractivity contribution in [3.63, 3.8) is 0 Å². The maximum absolute atomic E-state index is 5.52. The summed E-state index contributed by atoms with van der Waals surface area (Å²) in [6, 6.07) is 4.69. The molecule has 2 heterocycles. The number of anilines is 1. The third-order valence-electron chi connectivity index (χ3n) is 3.18. The fraction of sp³-hybridized carbons (Fsp3) is 0.615. The molecule has 4 heteroatoms. The third-order valence-corrected chi connectivity index (χ3v) is 3.18. The van der Waals surface area contributed by atoms with E-state index in [0.717, 1.165) is 38.5 Å². The lowest BCUT2D eigenvalue weighted by Crippen LogP contribution is -2.45. The summed E-state index contributed by atoms with van der Waals surface area (Å²) in [5.74, 6) is 1.08. The lowest BCUT2D eigenvalue weighted by molar-refractivity contribution is 0.0925. The smallest absolute Gasteiger partial charge is 0.129 e. The molecule has 1 aromatic heterocycles. The van der Waals surface area contributed by atoms with Gasteiger partial charge in [0.15, 0.2) is 0 Å². The van der Waals surface area contributed by atoms with Crippen molar-refractivity contribution in [2.75, 3.05) is 31.7 Å². The molecule has 1 unspecified atom stereocenters. The van der Waals surface area contributed by atoms with Crippen molar-refractivity contribution in [2.24, 2.45) is 0 Å². The molecule has 17 heavy (non-hydrogen) atoms. The largest absolute Gasteiger partial charge is 0.377 e. The first-order valence-electron chi connectivity index (χ1n) is 6.29. The van der Waals surface area contributed by atoms with Crippen LogP contribution < -0.4 is 10.2 Å². The fourth-order valence-electron chi connectivity index (χ4n) is 2.23. The van der Waals surface area contributed by atoms with E-state index in [1.54, 1.807) is 0 Å². The van der Waals surface area contributed by atoms with Gasteiger partial charge in [-0.3, -0.25) is 0 Å². The molecule has 0 aliphatic carbocycles. The lowest BCUT2D eigenvalue weighted by Gasteiger charge is -2.36. The Morgan fingerprint density at radius 1 is 1.59 bits per heavy atom. The van der Waals surface area contributed by atoms with Crippen LogP contribution in [0.1, 0.15) is 18.9 Å². The summed E-state index contributed by atoms with van der Waals surface area (Å²) in [5, 5.41) is 3.17. The van der Waals surface area contributed by atoms with E-state index in [9.17, 15) is 0 Å². The summed E-state index contributed by atoms with van der Waals surface area (Å²) in [6.07, 6.45) is 2.99. The van der Waals surface area contributed by atoms with Crippen molar-refractivity contribution in [3.05, 3.63) is 23.9 Å². The monoisotopic (exact) mass is 235 g/mol. The van der Waals surface area contributed by atoms with Gasteiger partial charge in [-0.25, -0.2) is 4.98 Å². The summed E-state index contributed by atoms with van der Waals surface area (Å²) >= 11 is 0. The summed E-state index contributed by atoms with van der Waals surface area (Å²) < 4.78 is 5.52. The minimum absolute atomic E-state index is 0.459. The number of nitrogens with one attached hydrogen (secondary N) is 1. The second-order valence-corrected chi connectivity index (χ2v) is 4.38. The molecule has 1 N–H and O–H groups in total. The van der Waals surface area contributed by atoms with E-state index in [4.69, 9.17) is 4.74 Å². The van der Waals surface area contributed by atoms with Gasteiger partial charge in [-0.2, -0.15) is 0 Å². The average molecular weight is 235 g/mol. The number of hydrogen-bond acceptors (Lipinski definition) is 4. The predicted octanol–water partition coefficient (Wildman–Crippen LogP) is 1.42. The number of rotatable bonds is 4. The second-order valence-electron chi connectivity index (χ2n) is 4.38. The molecular formula is C13H21N3O. The van der Waals surface area contributed by atoms with Crippen LogP contribution in [0.4, 0.5) is 5.82 Å². The maximum atomic E-state index is 5.52. The first-order chi connectivity index (χ1) is 8.35. The van der Waals surface area contributed by atoms with Gasteiger partial charge in [0.1, 0.15) is 5.82 Å². The Hall–Kier alpha value is -1.13.